The smallest absolute Gasteiger partial charge is 0.211 e. The van der Waals surface area contributed by atoms with Gasteiger partial charge in [-0.25, -0.2) is 0 Å². The highest BCUT2D eigenvalue weighted by atomic mass is 35.5. The van der Waals surface area contributed by atoms with Crippen molar-refractivity contribution in [1.29, 1.82) is 0 Å². The third-order valence-corrected chi connectivity index (χ3v) is 2.85. The fourth-order valence-corrected chi connectivity index (χ4v) is 2.03. The molecule has 120 valence electrons. The van der Waals surface area contributed by atoms with Crippen molar-refractivity contribution >= 4 is 48.2 Å². The highest BCUT2D eigenvalue weighted by Gasteiger charge is 2.31. The molecule has 8 N–H and O–H groups in total. The Labute approximate surface area is 140 Å². The minimum atomic E-state index is -0.112. The summed E-state index contributed by atoms with van der Waals surface area (Å²) in [6, 6.07) is 7.65. The molecule has 0 saturated heterocycles. The lowest BCUT2D eigenvalue weighted by Crippen LogP contribution is -2.23. The van der Waals surface area contributed by atoms with Gasteiger partial charge in [0.25, 0.3) is 0 Å². The fraction of sp³-hybridized carbons (Fsp3) is 0.167. The molecule has 1 aromatic rings. The Bertz CT molecular complexity index is 587. The molecular formula is C12H18Cl2N8. The van der Waals surface area contributed by atoms with Crippen LogP contribution in [0.25, 0.3) is 0 Å². The van der Waals surface area contributed by atoms with Crippen LogP contribution in [0.5, 0.6) is 0 Å². The molecule has 8 nitrogen and oxygen atoms in total. The molecule has 2 rings (SSSR count). The van der Waals surface area contributed by atoms with Gasteiger partial charge in [0.2, 0.25) is 11.9 Å². The largest absolute Gasteiger partial charge is 0.369 e. The van der Waals surface area contributed by atoms with Gasteiger partial charge in [-0.3, -0.25) is 0 Å². The van der Waals surface area contributed by atoms with Crippen molar-refractivity contribution in [1.82, 2.24) is 0 Å². The summed E-state index contributed by atoms with van der Waals surface area (Å²) in [7, 11) is 0. The second-order valence-electron chi connectivity index (χ2n) is 4.29. The van der Waals surface area contributed by atoms with Crippen LogP contribution in [-0.4, -0.2) is 23.3 Å². The number of halogens is 2. The van der Waals surface area contributed by atoms with Crippen molar-refractivity contribution in [2.75, 3.05) is 0 Å². The van der Waals surface area contributed by atoms with Gasteiger partial charge in [0, 0.05) is 17.0 Å². The average molecular weight is 345 g/mol. The predicted octanol–water partition coefficient (Wildman–Crippen LogP) is 0.135. The van der Waals surface area contributed by atoms with Crippen LogP contribution in [0.2, 0.25) is 0 Å². The van der Waals surface area contributed by atoms with Crippen molar-refractivity contribution in [3.8, 4) is 0 Å². The molecule has 0 bridgehead atoms. The quantitative estimate of drug-likeness (QED) is 0.342. The molecule has 22 heavy (non-hydrogen) atoms. The number of benzene rings is 1. The number of fused-ring (bicyclic) bond motifs is 1. The minimum Gasteiger partial charge on any atom is -0.369 e. The molecule has 0 atom stereocenters. The maximum atomic E-state index is 5.30. The van der Waals surface area contributed by atoms with Gasteiger partial charge < -0.3 is 22.9 Å². The van der Waals surface area contributed by atoms with Gasteiger partial charge in [0.05, 0.1) is 11.4 Å². The molecule has 1 aromatic carbocycles. The number of nitrogens with two attached hydrogens (primary N) is 4. The van der Waals surface area contributed by atoms with Crippen LogP contribution in [0, 0.1) is 5.92 Å². The Kier molecular flexibility index (Phi) is 7.34. The molecule has 0 radical (unpaired) electrons. The Morgan fingerprint density at radius 3 is 1.50 bits per heavy atom. The standard InChI is InChI=1S/C12H16N8.2ClH/c1-6-9(17-19-11(13)14)7-4-2-3-5-8(7)10(6)18-20-12(15)16;;/h2-6H,1H3,(H4,13,14,19)(H4,15,16,20);2*1H. The number of rotatable bonds is 2. The number of hydrogen-bond donors (Lipinski definition) is 4. The second kappa shape index (κ2) is 8.20. The van der Waals surface area contributed by atoms with Crippen molar-refractivity contribution < 1.29 is 0 Å². The van der Waals surface area contributed by atoms with E-state index in [1.807, 2.05) is 31.2 Å². The molecule has 10 heteroatoms. The molecule has 0 fully saturated rings. The molecule has 0 aromatic heterocycles. The predicted molar refractivity (Wildman–Crippen MR) is 94.8 cm³/mol. The van der Waals surface area contributed by atoms with E-state index in [9.17, 15) is 0 Å². The summed E-state index contributed by atoms with van der Waals surface area (Å²) >= 11 is 0. The summed E-state index contributed by atoms with van der Waals surface area (Å²) in [5.41, 5.74) is 24.5. The zero-order valence-electron chi connectivity index (χ0n) is 11.8. The number of guanidine groups is 2. The Morgan fingerprint density at radius 2 is 1.18 bits per heavy atom. The Morgan fingerprint density at radius 1 is 0.818 bits per heavy atom. The van der Waals surface area contributed by atoms with Gasteiger partial charge in [0.15, 0.2) is 0 Å². The van der Waals surface area contributed by atoms with Crippen molar-refractivity contribution in [2.24, 2.45) is 49.3 Å². The molecule has 1 aliphatic carbocycles. The van der Waals surface area contributed by atoms with E-state index in [0.717, 1.165) is 22.6 Å². The van der Waals surface area contributed by atoms with E-state index in [0.29, 0.717) is 0 Å². The molecular weight excluding hydrogens is 327 g/mol. The van der Waals surface area contributed by atoms with Gasteiger partial charge in [-0.15, -0.1) is 35.0 Å². The van der Waals surface area contributed by atoms with Crippen LogP contribution in [0.3, 0.4) is 0 Å². The van der Waals surface area contributed by atoms with Gasteiger partial charge in [0.1, 0.15) is 0 Å². The first-order valence-corrected chi connectivity index (χ1v) is 5.93. The van der Waals surface area contributed by atoms with E-state index >= 15 is 0 Å². The van der Waals surface area contributed by atoms with Gasteiger partial charge in [-0.2, -0.15) is 10.2 Å². The molecule has 1 aliphatic rings. The zero-order chi connectivity index (χ0) is 14.7. The summed E-state index contributed by atoms with van der Waals surface area (Å²) in [4.78, 5) is 0. The summed E-state index contributed by atoms with van der Waals surface area (Å²) < 4.78 is 0. The first-order chi connectivity index (χ1) is 9.50. The van der Waals surface area contributed by atoms with Crippen LogP contribution >= 0.6 is 24.8 Å². The monoisotopic (exact) mass is 344 g/mol. The third-order valence-electron chi connectivity index (χ3n) is 2.85. The van der Waals surface area contributed by atoms with Crippen LogP contribution in [0.4, 0.5) is 0 Å². The lowest BCUT2D eigenvalue weighted by molar-refractivity contribution is 1.03. The summed E-state index contributed by atoms with van der Waals surface area (Å²) in [6.07, 6.45) is 0. The highest BCUT2D eigenvalue weighted by molar-refractivity contribution is 6.29. The second-order valence-corrected chi connectivity index (χ2v) is 4.29. The molecule has 0 heterocycles. The molecule has 0 saturated carbocycles. The molecule has 0 aliphatic heterocycles. The van der Waals surface area contributed by atoms with Gasteiger partial charge in [-0.05, 0) is 0 Å². The van der Waals surface area contributed by atoms with E-state index in [4.69, 9.17) is 22.9 Å². The Hall–Kier alpha value is -2.32. The minimum absolute atomic E-state index is 0. The van der Waals surface area contributed by atoms with Gasteiger partial charge >= 0.3 is 0 Å². The average Bonchev–Trinajstić information content (AvgIpc) is 2.66. The normalized spacial score (nSPS) is 18.9. The summed E-state index contributed by atoms with van der Waals surface area (Å²) in [5, 5.41) is 15.6. The van der Waals surface area contributed by atoms with E-state index < -0.39 is 0 Å². The maximum Gasteiger partial charge on any atom is 0.211 e. The van der Waals surface area contributed by atoms with E-state index in [-0.39, 0.29) is 42.7 Å². The van der Waals surface area contributed by atoms with Crippen molar-refractivity contribution in [3.63, 3.8) is 0 Å². The lowest BCUT2D eigenvalue weighted by atomic mass is 10.1. The topological polar surface area (TPSA) is 154 Å². The zero-order valence-corrected chi connectivity index (χ0v) is 13.4. The lowest BCUT2D eigenvalue weighted by Gasteiger charge is -2.03. The highest BCUT2D eigenvalue weighted by Crippen LogP contribution is 2.28. The molecule has 0 spiro atoms. The van der Waals surface area contributed by atoms with Gasteiger partial charge in [-0.1, -0.05) is 31.2 Å². The first kappa shape index (κ1) is 19.7. The molecule has 0 unspecified atom stereocenters. The van der Waals surface area contributed by atoms with Crippen LogP contribution in [0.15, 0.2) is 44.7 Å². The van der Waals surface area contributed by atoms with Crippen LogP contribution in [-0.2, 0) is 0 Å². The van der Waals surface area contributed by atoms with E-state index in [1.165, 1.54) is 0 Å². The summed E-state index contributed by atoms with van der Waals surface area (Å²) in [6.45, 7) is 1.93. The maximum absolute atomic E-state index is 5.30. The fourth-order valence-electron chi connectivity index (χ4n) is 2.03. The SMILES string of the molecule is CC1C(=NN=C(N)N)c2ccccc2C1=NN=C(N)N.Cl.Cl. The van der Waals surface area contributed by atoms with Crippen molar-refractivity contribution in [2.45, 2.75) is 6.92 Å². The first-order valence-electron chi connectivity index (χ1n) is 5.93. The Balaban J connectivity index is 0.00000220. The third kappa shape index (κ3) is 4.09. The number of hydrogen-bond acceptors (Lipinski definition) is 4. The number of nitrogens with zero attached hydrogens (tertiary/aromatic N) is 4. The van der Waals surface area contributed by atoms with E-state index in [1.54, 1.807) is 0 Å². The van der Waals surface area contributed by atoms with Crippen LogP contribution < -0.4 is 22.9 Å². The molecule has 0 amide bonds. The summed E-state index contributed by atoms with van der Waals surface area (Å²) in [5.74, 6) is -0.313. The van der Waals surface area contributed by atoms with Crippen LogP contribution in [0.1, 0.15) is 18.1 Å². The van der Waals surface area contributed by atoms with E-state index in [2.05, 4.69) is 20.4 Å². The van der Waals surface area contributed by atoms with Crippen molar-refractivity contribution in [3.05, 3.63) is 35.4 Å².